The third kappa shape index (κ3) is 2.08. The van der Waals surface area contributed by atoms with Crippen molar-refractivity contribution in [2.24, 2.45) is 0 Å². The molecule has 0 saturated carbocycles. The van der Waals surface area contributed by atoms with Crippen LogP contribution in [0.2, 0.25) is 0 Å². The van der Waals surface area contributed by atoms with Crippen LogP contribution in [-0.4, -0.2) is 27.1 Å². The fourth-order valence-electron chi connectivity index (χ4n) is 2.16. The molecule has 0 bridgehead atoms. The number of carboxylic acid groups (broad SMARTS) is 2. The molecule has 1 aromatic heterocycles. The molecule has 102 valence electrons. The van der Waals surface area contributed by atoms with Gasteiger partial charge in [0.15, 0.2) is 0 Å². The van der Waals surface area contributed by atoms with E-state index < -0.39 is 11.9 Å². The smallest absolute Gasteiger partial charge is 0.335 e. The number of halogens is 1. The minimum Gasteiger partial charge on any atom is -0.478 e. The van der Waals surface area contributed by atoms with Crippen LogP contribution in [0.4, 0.5) is 0 Å². The van der Waals surface area contributed by atoms with E-state index in [-0.39, 0.29) is 23.5 Å². The molecule has 0 radical (unpaired) electrons. The van der Waals surface area contributed by atoms with E-state index in [0.717, 1.165) is 11.0 Å². The summed E-state index contributed by atoms with van der Waals surface area (Å²) in [4.78, 5) is 25.1. The molecule has 0 spiro atoms. The molecular formula is C14H10ClNO4. The predicted octanol–water partition coefficient (Wildman–Crippen LogP) is 3.14. The van der Waals surface area contributed by atoms with Gasteiger partial charge in [0.2, 0.25) is 0 Å². The molecule has 20 heavy (non-hydrogen) atoms. The van der Waals surface area contributed by atoms with E-state index in [9.17, 15) is 9.59 Å². The van der Waals surface area contributed by atoms with E-state index in [1.54, 1.807) is 24.3 Å². The minimum absolute atomic E-state index is 0. The molecule has 0 aliphatic rings. The number of aromatic carboxylic acids is 2. The van der Waals surface area contributed by atoms with Gasteiger partial charge in [-0.3, -0.25) is 0 Å². The molecular weight excluding hydrogens is 282 g/mol. The molecule has 5 nitrogen and oxygen atoms in total. The number of rotatable bonds is 2. The number of hydrogen-bond acceptors (Lipinski definition) is 2. The lowest BCUT2D eigenvalue weighted by Gasteiger charge is -1.96. The molecule has 0 aliphatic carbocycles. The average Bonchev–Trinajstić information content (AvgIpc) is 2.75. The van der Waals surface area contributed by atoms with Gasteiger partial charge in [-0.25, -0.2) is 9.59 Å². The molecule has 3 aromatic rings. The number of fused-ring (bicyclic) bond motifs is 3. The van der Waals surface area contributed by atoms with Crippen molar-refractivity contribution in [1.29, 1.82) is 0 Å². The number of aromatic nitrogens is 1. The van der Waals surface area contributed by atoms with Crippen LogP contribution in [0.3, 0.4) is 0 Å². The first kappa shape index (κ1) is 13.9. The Labute approximate surface area is 119 Å². The Morgan fingerprint density at radius 2 is 1.20 bits per heavy atom. The van der Waals surface area contributed by atoms with Crippen LogP contribution in [-0.2, 0) is 0 Å². The SMILES string of the molecule is Cl.O=C(O)c1ccc2[nH]c3ccc(C(=O)O)cc3c2c1. The van der Waals surface area contributed by atoms with E-state index >= 15 is 0 Å². The molecule has 3 N–H and O–H groups in total. The fourth-order valence-corrected chi connectivity index (χ4v) is 2.16. The van der Waals surface area contributed by atoms with Crippen molar-refractivity contribution < 1.29 is 19.8 Å². The third-order valence-corrected chi connectivity index (χ3v) is 3.09. The molecule has 0 aliphatic heterocycles. The zero-order valence-corrected chi connectivity index (χ0v) is 10.9. The molecule has 0 amide bonds. The molecule has 0 unspecified atom stereocenters. The summed E-state index contributed by atoms with van der Waals surface area (Å²) in [5.74, 6) is -2.02. The number of nitrogens with one attached hydrogen (secondary N) is 1. The summed E-state index contributed by atoms with van der Waals surface area (Å²) in [7, 11) is 0. The largest absolute Gasteiger partial charge is 0.478 e. The second kappa shape index (κ2) is 4.86. The third-order valence-electron chi connectivity index (χ3n) is 3.09. The summed E-state index contributed by atoms with van der Waals surface area (Å²) < 4.78 is 0. The lowest BCUT2D eigenvalue weighted by atomic mass is 10.1. The molecule has 3 rings (SSSR count). The Hall–Kier alpha value is -2.53. The van der Waals surface area contributed by atoms with Crippen molar-refractivity contribution in [3.8, 4) is 0 Å². The van der Waals surface area contributed by atoms with Crippen molar-refractivity contribution in [2.75, 3.05) is 0 Å². The lowest BCUT2D eigenvalue weighted by Crippen LogP contribution is -1.95. The maximum absolute atomic E-state index is 11.0. The second-order valence-electron chi connectivity index (χ2n) is 4.26. The minimum atomic E-state index is -1.01. The van der Waals surface area contributed by atoms with Gasteiger partial charge in [0.05, 0.1) is 11.1 Å². The van der Waals surface area contributed by atoms with Crippen LogP contribution in [0.15, 0.2) is 36.4 Å². The van der Waals surface area contributed by atoms with E-state index in [1.807, 2.05) is 0 Å². The van der Waals surface area contributed by atoms with E-state index in [1.165, 1.54) is 12.1 Å². The van der Waals surface area contributed by atoms with Gasteiger partial charge in [-0.1, -0.05) is 0 Å². The Morgan fingerprint density at radius 3 is 1.55 bits per heavy atom. The first-order valence-corrected chi connectivity index (χ1v) is 5.58. The van der Waals surface area contributed by atoms with Gasteiger partial charge in [-0.05, 0) is 36.4 Å². The highest BCUT2D eigenvalue weighted by atomic mass is 35.5. The summed E-state index contributed by atoms with van der Waals surface area (Å²) in [6, 6.07) is 9.47. The van der Waals surface area contributed by atoms with E-state index in [0.29, 0.717) is 10.8 Å². The van der Waals surface area contributed by atoms with Crippen molar-refractivity contribution in [3.05, 3.63) is 47.5 Å². The van der Waals surface area contributed by atoms with Crippen LogP contribution in [0.5, 0.6) is 0 Å². The van der Waals surface area contributed by atoms with Gasteiger partial charge in [0.25, 0.3) is 0 Å². The fraction of sp³-hybridized carbons (Fsp3) is 0. The van der Waals surface area contributed by atoms with Gasteiger partial charge in [-0.15, -0.1) is 12.4 Å². The highest BCUT2D eigenvalue weighted by Crippen LogP contribution is 2.27. The highest BCUT2D eigenvalue weighted by molar-refractivity contribution is 6.11. The van der Waals surface area contributed by atoms with Crippen molar-refractivity contribution in [3.63, 3.8) is 0 Å². The first-order chi connectivity index (χ1) is 9.06. The van der Waals surface area contributed by atoms with Gasteiger partial charge >= 0.3 is 11.9 Å². The maximum atomic E-state index is 11.0. The Kier molecular flexibility index (Phi) is 3.38. The average molecular weight is 292 g/mol. The summed E-state index contributed by atoms with van der Waals surface area (Å²) in [6.07, 6.45) is 0. The van der Waals surface area contributed by atoms with E-state index in [2.05, 4.69) is 4.98 Å². The number of H-pyrrole nitrogens is 1. The van der Waals surface area contributed by atoms with Gasteiger partial charge in [0.1, 0.15) is 0 Å². The summed E-state index contributed by atoms with van der Waals surface area (Å²) in [6.45, 7) is 0. The Bertz CT molecular complexity index is 769. The highest BCUT2D eigenvalue weighted by Gasteiger charge is 2.10. The summed E-state index contributed by atoms with van der Waals surface area (Å²) in [5.41, 5.74) is 1.91. The van der Waals surface area contributed by atoms with Crippen molar-refractivity contribution in [2.45, 2.75) is 0 Å². The number of benzene rings is 2. The number of hydrogen-bond donors (Lipinski definition) is 3. The Balaban J connectivity index is 0.00000147. The number of aromatic amines is 1. The normalized spacial score (nSPS) is 10.4. The first-order valence-electron chi connectivity index (χ1n) is 5.58. The topological polar surface area (TPSA) is 90.4 Å². The molecule has 2 aromatic carbocycles. The summed E-state index contributed by atoms with van der Waals surface area (Å²) >= 11 is 0. The molecule has 6 heteroatoms. The van der Waals surface area contributed by atoms with Crippen LogP contribution >= 0.6 is 12.4 Å². The second-order valence-corrected chi connectivity index (χ2v) is 4.26. The van der Waals surface area contributed by atoms with Gasteiger partial charge < -0.3 is 15.2 Å². The zero-order chi connectivity index (χ0) is 13.6. The Morgan fingerprint density at radius 1 is 0.800 bits per heavy atom. The number of carbonyl (C=O) groups is 2. The molecule has 0 atom stereocenters. The molecule has 1 heterocycles. The van der Waals surface area contributed by atoms with Crippen molar-refractivity contribution >= 4 is 46.2 Å². The molecule has 0 fully saturated rings. The van der Waals surface area contributed by atoms with Crippen molar-refractivity contribution in [1.82, 2.24) is 4.98 Å². The summed E-state index contributed by atoms with van der Waals surface area (Å²) in [5, 5.41) is 19.4. The van der Waals surface area contributed by atoms with Gasteiger partial charge in [-0.2, -0.15) is 0 Å². The van der Waals surface area contributed by atoms with Crippen LogP contribution in [0, 0.1) is 0 Å². The standard InChI is InChI=1S/C14H9NO4.ClH/c16-13(17)7-1-3-11-9(5-7)10-6-8(14(18)19)2-4-12(10)15-11;/h1-6,15H,(H,16,17)(H,18,19);1H. The monoisotopic (exact) mass is 291 g/mol. The van der Waals surface area contributed by atoms with Gasteiger partial charge in [0, 0.05) is 21.8 Å². The molecule has 0 saturated heterocycles. The maximum Gasteiger partial charge on any atom is 0.335 e. The number of carboxylic acids is 2. The predicted molar refractivity (Wildman–Crippen MR) is 77.0 cm³/mol. The van der Waals surface area contributed by atoms with Crippen LogP contribution < -0.4 is 0 Å². The van der Waals surface area contributed by atoms with Crippen LogP contribution in [0.25, 0.3) is 21.8 Å². The van der Waals surface area contributed by atoms with E-state index in [4.69, 9.17) is 10.2 Å². The zero-order valence-electron chi connectivity index (χ0n) is 10.1. The van der Waals surface area contributed by atoms with Crippen LogP contribution in [0.1, 0.15) is 20.7 Å². The lowest BCUT2D eigenvalue weighted by molar-refractivity contribution is 0.0686. The quantitative estimate of drug-likeness (QED) is 0.676.